The third-order valence-electron chi connectivity index (χ3n) is 2.24. The summed E-state index contributed by atoms with van der Waals surface area (Å²) in [6.07, 6.45) is -1.76. The van der Waals surface area contributed by atoms with Gasteiger partial charge in [0, 0.05) is 26.9 Å². The molecular formula is C10H16O6. The first-order valence-corrected chi connectivity index (χ1v) is 5.11. The Kier molecular flexibility index (Phi) is 4.70. The van der Waals surface area contributed by atoms with E-state index in [2.05, 4.69) is 0 Å². The molecule has 1 N–H and O–H groups in total. The second-order valence-corrected chi connectivity index (χ2v) is 3.64. The monoisotopic (exact) mass is 232 g/mol. The molecule has 1 heterocycles. The van der Waals surface area contributed by atoms with Gasteiger partial charge in [-0.25, -0.2) is 0 Å². The third kappa shape index (κ3) is 3.79. The predicted molar refractivity (Wildman–Crippen MR) is 52.6 cm³/mol. The van der Waals surface area contributed by atoms with Crippen LogP contribution in [0.5, 0.6) is 0 Å². The van der Waals surface area contributed by atoms with Crippen molar-refractivity contribution < 1.29 is 28.9 Å². The summed E-state index contributed by atoms with van der Waals surface area (Å²) in [7, 11) is 0. The van der Waals surface area contributed by atoms with E-state index in [1.807, 2.05) is 0 Å². The van der Waals surface area contributed by atoms with Gasteiger partial charge in [-0.2, -0.15) is 0 Å². The Morgan fingerprint density at radius 2 is 2.06 bits per heavy atom. The van der Waals surface area contributed by atoms with Gasteiger partial charge in [0.1, 0.15) is 12.7 Å². The zero-order valence-corrected chi connectivity index (χ0v) is 9.34. The third-order valence-corrected chi connectivity index (χ3v) is 2.24. The number of hydrogen-bond donors (Lipinski definition) is 1. The molecule has 0 amide bonds. The molecule has 0 saturated carbocycles. The minimum atomic E-state index is -0.779. The van der Waals surface area contributed by atoms with Gasteiger partial charge < -0.3 is 19.3 Å². The molecule has 1 aliphatic heterocycles. The molecule has 1 aliphatic rings. The zero-order chi connectivity index (χ0) is 12.1. The maximum atomic E-state index is 10.8. The largest absolute Gasteiger partial charge is 0.463 e. The molecule has 0 aliphatic carbocycles. The molecule has 3 atom stereocenters. The Balaban J connectivity index is 2.55. The van der Waals surface area contributed by atoms with E-state index in [9.17, 15) is 14.7 Å². The molecule has 6 heteroatoms. The summed E-state index contributed by atoms with van der Waals surface area (Å²) < 4.78 is 15.0. The van der Waals surface area contributed by atoms with Gasteiger partial charge in [0.2, 0.25) is 0 Å². The maximum absolute atomic E-state index is 10.8. The predicted octanol–water partition coefficient (Wildman–Crippen LogP) is -0.369. The van der Waals surface area contributed by atoms with Gasteiger partial charge in [-0.15, -0.1) is 0 Å². The highest BCUT2D eigenvalue weighted by Gasteiger charge is 2.36. The Labute approximate surface area is 93.5 Å². The van der Waals surface area contributed by atoms with Crippen molar-refractivity contribution >= 4 is 11.9 Å². The number of ether oxygens (including phenoxy) is 3. The Hall–Kier alpha value is -1.14. The molecule has 0 aromatic rings. The van der Waals surface area contributed by atoms with Crippen molar-refractivity contribution in [2.24, 2.45) is 0 Å². The minimum absolute atomic E-state index is 0.0235. The standard InChI is InChI=1S/C10H16O6/c1-6(11)15-5-9-10(16-7(2)12)8(13)3-4-14-9/h8-10,13H,3-5H2,1-2H3. The molecule has 1 saturated heterocycles. The summed E-state index contributed by atoms with van der Waals surface area (Å²) >= 11 is 0. The SMILES string of the molecule is CC(=O)OCC1OCCC(O)C1OC(C)=O. The van der Waals surface area contributed by atoms with Crippen LogP contribution in [0.2, 0.25) is 0 Å². The molecule has 0 radical (unpaired) electrons. The highest BCUT2D eigenvalue weighted by molar-refractivity contribution is 5.66. The lowest BCUT2D eigenvalue weighted by Crippen LogP contribution is -2.49. The quantitative estimate of drug-likeness (QED) is 0.669. The van der Waals surface area contributed by atoms with Crippen molar-refractivity contribution in [1.29, 1.82) is 0 Å². The van der Waals surface area contributed by atoms with E-state index in [4.69, 9.17) is 14.2 Å². The van der Waals surface area contributed by atoms with Gasteiger partial charge in [0.05, 0.1) is 6.10 Å². The van der Waals surface area contributed by atoms with Crippen LogP contribution in [-0.2, 0) is 23.8 Å². The smallest absolute Gasteiger partial charge is 0.303 e. The van der Waals surface area contributed by atoms with Crippen LogP contribution in [0, 0.1) is 0 Å². The number of hydrogen-bond acceptors (Lipinski definition) is 6. The fourth-order valence-electron chi connectivity index (χ4n) is 1.54. The maximum Gasteiger partial charge on any atom is 0.303 e. The minimum Gasteiger partial charge on any atom is -0.463 e. The van der Waals surface area contributed by atoms with E-state index in [-0.39, 0.29) is 6.61 Å². The number of carbonyl (C=O) groups excluding carboxylic acids is 2. The summed E-state index contributed by atoms with van der Waals surface area (Å²) in [6, 6.07) is 0. The molecule has 0 aromatic carbocycles. The number of esters is 2. The lowest BCUT2D eigenvalue weighted by atomic mass is 10.0. The topological polar surface area (TPSA) is 82.1 Å². The van der Waals surface area contributed by atoms with Crippen LogP contribution >= 0.6 is 0 Å². The molecule has 6 nitrogen and oxygen atoms in total. The lowest BCUT2D eigenvalue weighted by molar-refractivity contribution is -0.189. The Morgan fingerprint density at radius 3 is 2.62 bits per heavy atom. The van der Waals surface area contributed by atoms with Crippen LogP contribution in [0.25, 0.3) is 0 Å². The molecule has 0 aromatic heterocycles. The number of aliphatic hydroxyl groups is 1. The van der Waals surface area contributed by atoms with Gasteiger partial charge in [-0.3, -0.25) is 9.59 Å². The summed E-state index contributed by atoms with van der Waals surface area (Å²) in [4.78, 5) is 21.5. The van der Waals surface area contributed by atoms with Crippen molar-refractivity contribution in [1.82, 2.24) is 0 Å². The molecule has 16 heavy (non-hydrogen) atoms. The van der Waals surface area contributed by atoms with Crippen LogP contribution in [0.3, 0.4) is 0 Å². The Morgan fingerprint density at radius 1 is 1.38 bits per heavy atom. The summed E-state index contributed by atoms with van der Waals surface area (Å²) in [5.74, 6) is -0.937. The van der Waals surface area contributed by atoms with E-state index in [1.165, 1.54) is 13.8 Å². The first-order chi connectivity index (χ1) is 7.50. The van der Waals surface area contributed by atoms with Gasteiger partial charge in [0.15, 0.2) is 6.10 Å². The lowest BCUT2D eigenvalue weighted by Gasteiger charge is -2.34. The highest BCUT2D eigenvalue weighted by atomic mass is 16.6. The van der Waals surface area contributed by atoms with Crippen LogP contribution in [0.4, 0.5) is 0 Å². The molecular weight excluding hydrogens is 216 g/mol. The average molecular weight is 232 g/mol. The molecule has 1 rings (SSSR count). The first-order valence-electron chi connectivity index (χ1n) is 5.11. The second kappa shape index (κ2) is 5.81. The van der Waals surface area contributed by atoms with E-state index in [1.54, 1.807) is 0 Å². The second-order valence-electron chi connectivity index (χ2n) is 3.64. The molecule has 0 spiro atoms. The van der Waals surface area contributed by atoms with Crippen molar-refractivity contribution in [3.8, 4) is 0 Å². The summed E-state index contributed by atoms with van der Waals surface area (Å²) in [5.41, 5.74) is 0. The molecule has 1 fully saturated rings. The summed E-state index contributed by atoms with van der Waals surface area (Å²) in [6.45, 7) is 2.86. The van der Waals surface area contributed by atoms with E-state index >= 15 is 0 Å². The van der Waals surface area contributed by atoms with Crippen LogP contribution < -0.4 is 0 Å². The zero-order valence-electron chi connectivity index (χ0n) is 9.34. The normalized spacial score (nSPS) is 29.6. The van der Waals surface area contributed by atoms with E-state index in [0.29, 0.717) is 13.0 Å². The number of rotatable bonds is 3. The van der Waals surface area contributed by atoms with Crippen LogP contribution in [0.15, 0.2) is 0 Å². The van der Waals surface area contributed by atoms with Gasteiger partial charge >= 0.3 is 11.9 Å². The number of carbonyl (C=O) groups is 2. The summed E-state index contributed by atoms with van der Waals surface area (Å²) in [5, 5.41) is 9.66. The van der Waals surface area contributed by atoms with Crippen LogP contribution in [-0.4, -0.2) is 48.6 Å². The van der Waals surface area contributed by atoms with Crippen molar-refractivity contribution in [3.05, 3.63) is 0 Å². The van der Waals surface area contributed by atoms with E-state index < -0.39 is 30.3 Å². The Bertz CT molecular complexity index is 264. The first kappa shape index (κ1) is 12.9. The molecule has 0 bridgehead atoms. The van der Waals surface area contributed by atoms with Crippen molar-refractivity contribution in [2.75, 3.05) is 13.2 Å². The highest BCUT2D eigenvalue weighted by Crippen LogP contribution is 2.18. The molecule has 3 unspecified atom stereocenters. The van der Waals surface area contributed by atoms with Crippen molar-refractivity contribution in [2.45, 2.75) is 38.6 Å². The molecule has 92 valence electrons. The van der Waals surface area contributed by atoms with Crippen molar-refractivity contribution in [3.63, 3.8) is 0 Å². The fraction of sp³-hybridized carbons (Fsp3) is 0.800. The van der Waals surface area contributed by atoms with Gasteiger partial charge in [-0.05, 0) is 0 Å². The van der Waals surface area contributed by atoms with Gasteiger partial charge in [0.25, 0.3) is 0 Å². The van der Waals surface area contributed by atoms with E-state index in [0.717, 1.165) is 0 Å². The van der Waals surface area contributed by atoms with Gasteiger partial charge in [-0.1, -0.05) is 0 Å². The number of aliphatic hydroxyl groups excluding tert-OH is 1. The fourth-order valence-corrected chi connectivity index (χ4v) is 1.54. The average Bonchev–Trinajstić information content (AvgIpc) is 2.18. The van der Waals surface area contributed by atoms with Crippen LogP contribution in [0.1, 0.15) is 20.3 Å².